The smallest absolute Gasteiger partial charge is 0.236 e. The van der Waals surface area contributed by atoms with Crippen LogP contribution < -0.4 is 10.1 Å². The first kappa shape index (κ1) is 25.4. The second kappa shape index (κ2) is 12.3. The predicted molar refractivity (Wildman–Crippen MR) is 144 cm³/mol. The number of amides is 1. The van der Waals surface area contributed by atoms with Gasteiger partial charge in [0.15, 0.2) is 16.1 Å². The number of benzene rings is 2. The normalized spacial score (nSPS) is 10.8. The minimum atomic E-state index is -0.172. The Labute approximate surface area is 224 Å². The van der Waals surface area contributed by atoms with Gasteiger partial charge in [-0.1, -0.05) is 63.6 Å². The van der Waals surface area contributed by atoms with Crippen LogP contribution in [0.4, 0.5) is 5.13 Å². The Bertz CT molecular complexity index is 1310. The van der Waals surface area contributed by atoms with Crippen LogP contribution in [0.3, 0.4) is 0 Å². The molecule has 0 bridgehead atoms. The van der Waals surface area contributed by atoms with Crippen LogP contribution in [-0.4, -0.2) is 31.4 Å². The minimum Gasteiger partial charge on any atom is -0.486 e. The molecule has 2 aromatic carbocycles. The van der Waals surface area contributed by atoms with E-state index in [2.05, 4.69) is 43.0 Å². The molecule has 0 unspecified atom stereocenters. The van der Waals surface area contributed by atoms with Crippen LogP contribution in [0.5, 0.6) is 5.75 Å². The zero-order chi connectivity index (χ0) is 24.6. The molecule has 7 nitrogen and oxygen atoms in total. The molecule has 11 heteroatoms. The molecule has 1 amide bonds. The molecule has 2 aromatic heterocycles. The van der Waals surface area contributed by atoms with Gasteiger partial charge in [-0.15, -0.1) is 28.1 Å². The molecular formula is C24H21BrClN5O2S2. The monoisotopic (exact) mass is 589 g/mol. The maximum Gasteiger partial charge on any atom is 0.236 e. The quantitative estimate of drug-likeness (QED) is 0.165. The van der Waals surface area contributed by atoms with Crippen LogP contribution in [0.1, 0.15) is 16.3 Å². The molecule has 0 saturated carbocycles. The van der Waals surface area contributed by atoms with E-state index in [1.807, 2.05) is 53.1 Å². The zero-order valence-electron chi connectivity index (χ0n) is 18.5. The lowest BCUT2D eigenvalue weighted by atomic mass is 10.1. The summed E-state index contributed by atoms with van der Waals surface area (Å²) in [7, 11) is 0. The van der Waals surface area contributed by atoms with Crippen molar-refractivity contribution in [1.29, 1.82) is 0 Å². The summed E-state index contributed by atoms with van der Waals surface area (Å²) in [5.74, 6) is 1.38. The van der Waals surface area contributed by atoms with Crippen LogP contribution in [0, 0.1) is 0 Å². The molecule has 1 N–H and O–H groups in total. The molecule has 0 fully saturated rings. The van der Waals surface area contributed by atoms with E-state index >= 15 is 0 Å². The third-order valence-electron chi connectivity index (χ3n) is 4.74. The highest BCUT2D eigenvalue weighted by atomic mass is 79.9. The fourth-order valence-electron chi connectivity index (χ4n) is 3.09. The maximum absolute atomic E-state index is 12.5. The molecule has 180 valence electrons. The first-order valence-corrected chi connectivity index (χ1v) is 13.5. The van der Waals surface area contributed by atoms with Gasteiger partial charge in [0, 0.05) is 33.5 Å². The lowest BCUT2D eigenvalue weighted by Crippen LogP contribution is -2.14. The van der Waals surface area contributed by atoms with Crippen LogP contribution in [0.25, 0.3) is 0 Å². The van der Waals surface area contributed by atoms with E-state index in [9.17, 15) is 4.79 Å². The van der Waals surface area contributed by atoms with Crippen molar-refractivity contribution in [2.75, 3.05) is 11.1 Å². The predicted octanol–water partition coefficient (Wildman–Crippen LogP) is 6.24. The lowest BCUT2D eigenvalue weighted by Gasteiger charge is -2.09. The summed E-state index contributed by atoms with van der Waals surface area (Å²) in [5, 5.41) is 13.2. The number of anilines is 1. The van der Waals surface area contributed by atoms with Crippen molar-refractivity contribution in [3.05, 3.63) is 93.1 Å². The number of thioether (sulfide) groups is 1. The first-order chi connectivity index (χ1) is 17.0. The highest BCUT2D eigenvalue weighted by molar-refractivity contribution is 9.10. The SMILES string of the molecule is C=CCn1c(COc2ccc(Br)cc2)nnc1SCC(=O)Nc1ncc(Cc2ccccc2Cl)s1. The standard InChI is InChI=1S/C24H21BrClN5O2S2/c1-2-11-31-21(14-33-18-9-7-17(25)8-10-18)29-30-24(31)34-15-22(32)28-23-27-13-19(35-23)12-16-5-3-4-6-20(16)26/h2-10,13H,1,11-12,14-15H2,(H,27,28,32). The van der Waals surface area contributed by atoms with Gasteiger partial charge in [-0.2, -0.15) is 0 Å². The molecule has 0 aliphatic carbocycles. The van der Waals surface area contributed by atoms with Crippen LogP contribution in [0.2, 0.25) is 5.02 Å². The van der Waals surface area contributed by atoms with Crippen molar-refractivity contribution in [2.24, 2.45) is 0 Å². The molecule has 0 aliphatic heterocycles. The fourth-order valence-corrected chi connectivity index (χ4v) is 5.17. The van der Waals surface area contributed by atoms with Gasteiger partial charge in [0.05, 0.1) is 5.75 Å². The fraction of sp³-hybridized carbons (Fsp3) is 0.167. The van der Waals surface area contributed by atoms with Gasteiger partial charge >= 0.3 is 0 Å². The Hall–Kier alpha value is -2.66. The van der Waals surface area contributed by atoms with Crippen molar-refractivity contribution in [3.8, 4) is 5.75 Å². The Balaban J connectivity index is 1.32. The highest BCUT2D eigenvalue weighted by Crippen LogP contribution is 2.25. The molecule has 35 heavy (non-hydrogen) atoms. The number of nitrogens with one attached hydrogen (secondary N) is 1. The second-order valence-electron chi connectivity index (χ2n) is 7.28. The summed E-state index contributed by atoms with van der Waals surface area (Å²) >= 11 is 12.4. The first-order valence-electron chi connectivity index (χ1n) is 10.5. The summed E-state index contributed by atoms with van der Waals surface area (Å²) in [6.07, 6.45) is 4.18. The summed E-state index contributed by atoms with van der Waals surface area (Å²) in [6.45, 7) is 4.57. The number of hydrogen-bond acceptors (Lipinski definition) is 7. The van der Waals surface area contributed by atoms with Crippen molar-refractivity contribution in [3.63, 3.8) is 0 Å². The Morgan fingerprint density at radius 3 is 2.80 bits per heavy atom. The average molecular weight is 591 g/mol. The van der Waals surface area contributed by atoms with Crippen LogP contribution >= 0.6 is 50.6 Å². The molecule has 0 atom stereocenters. The van der Waals surface area contributed by atoms with Gasteiger partial charge in [-0.25, -0.2) is 4.98 Å². The number of carbonyl (C=O) groups is 1. The molecule has 0 radical (unpaired) electrons. The van der Waals surface area contributed by atoms with E-state index < -0.39 is 0 Å². The van der Waals surface area contributed by atoms with Crippen molar-refractivity contribution >= 4 is 61.7 Å². The van der Waals surface area contributed by atoms with E-state index in [4.69, 9.17) is 16.3 Å². The number of aromatic nitrogens is 4. The minimum absolute atomic E-state index is 0.169. The third-order valence-corrected chi connectivity index (χ3v) is 7.52. The summed E-state index contributed by atoms with van der Waals surface area (Å²) in [6, 6.07) is 15.3. The second-order valence-corrected chi connectivity index (χ2v) is 10.7. The van der Waals surface area contributed by atoms with Crippen molar-refractivity contribution in [2.45, 2.75) is 24.7 Å². The van der Waals surface area contributed by atoms with Gasteiger partial charge in [0.25, 0.3) is 0 Å². The number of rotatable bonds is 11. The largest absolute Gasteiger partial charge is 0.486 e. The molecule has 0 spiro atoms. The van der Waals surface area contributed by atoms with Gasteiger partial charge in [-0.05, 0) is 35.9 Å². The third kappa shape index (κ3) is 7.17. The van der Waals surface area contributed by atoms with Crippen LogP contribution in [0.15, 0.2) is 77.0 Å². The number of nitrogens with zero attached hydrogens (tertiary/aromatic N) is 4. The molecule has 4 rings (SSSR count). The highest BCUT2D eigenvalue weighted by Gasteiger charge is 2.15. The van der Waals surface area contributed by atoms with Crippen molar-refractivity contribution < 1.29 is 9.53 Å². The Morgan fingerprint density at radius 2 is 2.03 bits per heavy atom. The number of thiazole rings is 1. The van der Waals surface area contributed by atoms with E-state index in [0.29, 0.717) is 34.1 Å². The van der Waals surface area contributed by atoms with Gasteiger partial charge in [0.1, 0.15) is 12.4 Å². The summed E-state index contributed by atoms with van der Waals surface area (Å²) in [4.78, 5) is 17.9. The van der Waals surface area contributed by atoms with E-state index in [-0.39, 0.29) is 18.3 Å². The molecule has 0 saturated heterocycles. The molecule has 0 aliphatic rings. The van der Waals surface area contributed by atoms with Crippen molar-refractivity contribution in [1.82, 2.24) is 19.7 Å². The average Bonchev–Trinajstić information content (AvgIpc) is 3.45. The Kier molecular flexibility index (Phi) is 8.97. The number of carbonyl (C=O) groups excluding carboxylic acids is 1. The zero-order valence-corrected chi connectivity index (χ0v) is 22.5. The topological polar surface area (TPSA) is 81.9 Å². The number of allylic oxidation sites excluding steroid dienone is 1. The van der Waals surface area contributed by atoms with Gasteiger partial charge < -0.3 is 10.1 Å². The summed E-state index contributed by atoms with van der Waals surface area (Å²) in [5.41, 5.74) is 1.02. The Morgan fingerprint density at radius 1 is 1.23 bits per heavy atom. The molecule has 2 heterocycles. The van der Waals surface area contributed by atoms with Crippen LogP contribution in [-0.2, 0) is 24.4 Å². The molecule has 4 aromatic rings. The van der Waals surface area contributed by atoms with Gasteiger partial charge in [-0.3, -0.25) is 9.36 Å². The number of hydrogen-bond donors (Lipinski definition) is 1. The number of ether oxygens (including phenoxy) is 1. The molecular weight excluding hydrogens is 570 g/mol. The summed E-state index contributed by atoms with van der Waals surface area (Å²) < 4.78 is 8.68. The van der Waals surface area contributed by atoms with Gasteiger partial charge in [0.2, 0.25) is 5.91 Å². The van der Waals surface area contributed by atoms with E-state index in [1.54, 1.807) is 12.3 Å². The maximum atomic E-state index is 12.5. The lowest BCUT2D eigenvalue weighted by molar-refractivity contribution is -0.113. The van der Waals surface area contributed by atoms with E-state index in [1.165, 1.54) is 23.1 Å². The van der Waals surface area contributed by atoms with E-state index in [0.717, 1.165) is 20.7 Å². The number of halogens is 2.